The summed E-state index contributed by atoms with van der Waals surface area (Å²) in [6, 6.07) is 0.452. The third-order valence-electron chi connectivity index (χ3n) is 3.63. The van der Waals surface area contributed by atoms with Gasteiger partial charge in [-0.25, -0.2) is 13.1 Å². The molecule has 0 saturated heterocycles. The third-order valence-corrected chi connectivity index (χ3v) is 5.10. The van der Waals surface area contributed by atoms with Crippen LogP contribution >= 0.6 is 0 Å². The molecule has 1 fully saturated rings. The van der Waals surface area contributed by atoms with Crippen molar-refractivity contribution in [2.24, 2.45) is 5.41 Å². The summed E-state index contributed by atoms with van der Waals surface area (Å²) in [6.07, 6.45) is 4.93. The maximum Gasteiger partial charge on any atom is 0.212 e. The molecule has 1 unspecified atom stereocenters. The highest BCUT2D eigenvalue weighted by atomic mass is 32.2. The van der Waals surface area contributed by atoms with Crippen molar-refractivity contribution in [2.45, 2.75) is 52.5 Å². The zero-order valence-electron chi connectivity index (χ0n) is 11.3. The van der Waals surface area contributed by atoms with Crippen LogP contribution in [0.1, 0.15) is 46.5 Å². The molecule has 2 N–H and O–H groups in total. The van der Waals surface area contributed by atoms with Crippen LogP contribution in [-0.4, -0.2) is 33.3 Å². The Morgan fingerprint density at radius 2 is 2.00 bits per heavy atom. The summed E-state index contributed by atoms with van der Waals surface area (Å²) < 4.78 is 25.5. The normalized spacial score (nSPS) is 24.8. The van der Waals surface area contributed by atoms with Gasteiger partial charge in [-0.05, 0) is 18.3 Å². The number of sulfonamides is 1. The Hall–Kier alpha value is -0.130. The first-order chi connectivity index (χ1) is 7.87. The molecule has 0 radical (unpaired) electrons. The van der Waals surface area contributed by atoms with E-state index < -0.39 is 10.0 Å². The minimum absolute atomic E-state index is 0.174. The standard InChI is InChI=1S/C12H26N2O2S/c1-4-14-17(15,16)10-9-13-11-7-5-6-8-12(11,2)3/h11,13-14H,4-10H2,1-3H3. The molecule has 1 atom stereocenters. The molecule has 0 bridgehead atoms. The SMILES string of the molecule is CCNS(=O)(=O)CCNC1CCCCC1(C)C. The van der Waals surface area contributed by atoms with Gasteiger partial charge < -0.3 is 5.32 Å². The van der Waals surface area contributed by atoms with Crippen LogP contribution < -0.4 is 10.0 Å². The van der Waals surface area contributed by atoms with Crippen LogP contribution in [-0.2, 0) is 10.0 Å². The Balaban J connectivity index is 2.35. The van der Waals surface area contributed by atoms with Crippen LogP contribution in [0.5, 0.6) is 0 Å². The van der Waals surface area contributed by atoms with Gasteiger partial charge in [0, 0.05) is 19.1 Å². The summed E-state index contributed by atoms with van der Waals surface area (Å²) in [5, 5.41) is 3.41. The molecule has 0 aromatic carbocycles. The third kappa shape index (κ3) is 4.94. The van der Waals surface area contributed by atoms with Gasteiger partial charge in [0.1, 0.15) is 0 Å². The van der Waals surface area contributed by atoms with Gasteiger partial charge in [0.05, 0.1) is 5.75 Å². The molecule has 0 aromatic rings. The van der Waals surface area contributed by atoms with Crippen LogP contribution in [0.3, 0.4) is 0 Å². The molecular weight excluding hydrogens is 236 g/mol. The second-order valence-electron chi connectivity index (χ2n) is 5.56. The molecule has 1 saturated carbocycles. The highest BCUT2D eigenvalue weighted by Gasteiger charge is 2.31. The summed E-state index contributed by atoms with van der Waals surface area (Å²) in [6.45, 7) is 7.35. The molecule has 1 aliphatic rings. The number of hydrogen-bond donors (Lipinski definition) is 2. The maximum atomic E-state index is 11.5. The monoisotopic (exact) mass is 262 g/mol. The van der Waals surface area contributed by atoms with Crippen LogP contribution in [0, 0.1) is 5.41 Å². The van der Waals surface area contributed by atoms with Gasteiger partial charge in [0.2, 0.25) is 10.0 Å². The molecule has 1 aliphatic carbocycles. The Labute approximate surface area is 106 Å². The largest absolute Gasteiger partial charge is 0.312 e. The molecule has 4 nitrogen and oxygen atoms in total. The summed E-state index contributed by atoms with van der Waals surface area (Å²) in [5.74, 6) is 0.174. The smallest absolute Gasteiger partial charge is 0.212 e. The highest BCUT2D eigenvalue weighted by molar-refractivity contribution is 7.89. The first kappa shape index (κ1) is 14.9. The highest BCUT2D eigenvalue weighted by Crippen LogP contribution is 2.35. The minimum atomic E-state index is -3.08. The first-order valence-electron chi connectivity index (χ1n) is 6.58. The molecule has 5 heteroatoms. The number of rotatable bonds is 6. The predicted molar refractivity (Wildman–Crippen MR) is 71.5 cm³/mol. The van der Waals surface area contributed by atoms with Crippen LogP contribution in [0.25, 0.3) is 0 Å². The molecular formula is C12H26N2O2S. The maximum absolute atomic E-state index is 11.5. The predicted octanol–water partition coefficient (Wildman–Crippen LogP) is 1.48. The summed E-state index contributed by atoms with van der Waals surface area (Å²) in [4.78, 5) is 0. The fourth-order valence-corrected chi connectivity index (χ4v) is 3.50. The van der Waals surface area contributed by atoms with Crippen LogP contribution in [0.15, 0.2) is 0 Å². The fraction of sp³-hybridized carbons (Fsp3) is 1.00. The number of nitrogens with one attached hydrogen (secondary N) is 2. The lowest BCUT2D eigenvalue weighted by Gasteiger charge is -2.39. The molecule has 0 amide bonds. The van der Waals surface area contributed by atoms with E-state index in [0.717, 1.165) is 6.42 Å². The van der Waals surface area contributed by atoms with Gasteiger partial charge in [0.25, 0.3) is 0 Å². The average molecular weight is 262 g/mol. The molecule has 0 aromatic heterocycles. The van der Waals surface area contributed by atoms with E-state index >= 15 is 0 Å². The van der Waals surface area contributed by atoms with Crippen molar-refractivity contribution in [1.82, 2.24) is 10.0 Å². The van der Waals surface area contributed by atoms with Gasteiger partial charge in [-0.2, -0.15) is 0 Å². The number of hydrogen-bond acceptors (Lipinski definition) is 3. The van der Waals surface area contributed by atoms with Crippen molar-refractivity contribution < 1.29 is 8.42 Å². The Kier molecular flexibility index (Phi) is 5.41. The van der Waals surface area contributed by atoms with Crippen LogP contribution in [0.2, 0.25) is 0 Å². The van der Waals surface area contributed by atoms with Crippen molar-refractivity contribution in [1.29, 1.82) is 0 Å². The molecule has 0 heterocycles. The molecule has 0 spiro atoms. The lowest BCUT2D eigenvalue weighted by molar-refractivity contribution is 0.170. The van der Waals surface area contributed by atoms with E-state index in [-0.39, 0.29) is 5.75 Å². The van der Waals surface area contributed by atoms with Gasteiger partial charge in [0.15, 0.2) is 0 Å². The second kappa shape index (κ2) is 6.16. The Morgan fingerprint density at radius 3 is 2.59 bits per heavy atom. The summed E-state index contributed by atoms with van der Waals surface area (Å²) >= 11 is 0. The lowest BCUT2D eigenvalue weighted by Crippen LogP contribution is -2.46. The zero-order chi connectivity index (χ0) is 12.9. The average Bonchev–Trinajstić information content (AvgIpc) is 2.20. The van der Waals surface area contributed by atoms with E-state index in [9.17, 15) is 8.42 Å². The molecule has 1 rings (SSSR count). The van der Waals surface area contributed by atoms with Crippen molar-refractivity contribution in [2.75, 3.05) is 18.8 Å². The lowest BCUT2D eigenvalue weighted by atomic mass is 9.73. The quantitative estimate of drug-likeness (QED) is 0.762. The van der Waals surface area contributed by atoms with E-state index in [1.807, 2.05) is 0 Å². The molecule has 0 aliphatic heterocycles. The molecule has 102 valence electrons. The van der Waals surface area contributed by atoms with Gasteiger partial charge in [-0.3, -0.25) is 0 Å². The zero-order valence-corrected chi connectivity index (χ0v) is 12.1. The van der Waals surface area contributed by atoms with E-state index in [1.165, 1.54) is 19.3 Å². The van der Waals surface area contributed by atoms with E-state index in [1.54, 1.807) is 6.92 Å². The van der Waals surface area contributed by atoms with Crippen molar-refractivity contribution in [3.8, 4) is 0 Å². The van der Waals surface area contributed by atoms with Gasteiger partial charge in [-0.1, -0.05) is 33.6 Å². The van der Waals surface area contributed by atoms with Gasteiger partial charge in [-0.15, -0.1) is 0 Å². The summed E-state index contributed by atoms with van der Waals surface area (Å²) in [5.41, 5.74) is 0.292. The van der Waals surface area contributed by atoms with Crippen LogP contribution in [0.4, 0.5) is 0 Å². The topological polar surface area (TPSA) is 58.2 Å². The first-order valence-corrected chi connectivity index (χ1v) is 8.23. The van der Waals surface area contributed by atoms with Crippen molar-refractivity contribution in [3.05, 3.63) is 0 Å². The Morgan fingerprint density at radius 1 is 1.29 bits per heavy atom. The van der Waals surface area contributed by atoms with Crippen molar-refractivity contribution >= 4 is 10.0 Å². The van der Waals surface area contributed by atoms with Gasteiger partial charge >= 0.3 is 0 Å². The molecule has 17 heavy (non-hydrogen) atoms. The summed E-state index contributed by atoms with van der Waals surface area (Å²) in [7, 11) is -3.08. The van der Waals surface area contributed by atoms with Crippen molar-refractivity contribution in [3.63, 3.8) is 0 Å². The second-order valence-corrected chi connectivity index (χ2v) is 7.48. The minimum Gasteiger partial charge on any atom is -0.312 e. The van der Waals surface area contributed by atoms with E-state index in [4.69, 9.17) is 0 Å². The van der Waals surface area contributed by atoms with E-state index in [2.05, 4.69) is 23.9 Å². The fourth-order valence-electron chi connectivity index (χ4n) is 2.53. The van der Waals surface area contributed by atoms with E-state index in [0.29, 0.717) is 24.5 Å². The Bertz CT molecular complexity index is 325.